The largest absolute Gasteiger partial charge is 0.459 e. The third-order valence-corrected chi connectivity index (χ3v) is 3.25. The molecule has 0 radical (unpaired) electrons. The zero-order chi connectivity index (χ0) is 12.8. The zero-order valence-electron chi connectivity index (χ0n) is 10.1. The second kappa shape index (κ2) is 6.38. The fraction of sp³-hybridized carbons (Fsp3) is 0.900. The Balaban J connectivity index is 4.91. The SMILES string of the molecule is CCCC(CCC)(CP(=O)(O)O)OC(C)=O. The molecule has 16 heavy (non-hydrogen) atoms. The van der Waals surface area contributed by atoms with Crippen molar-refractivity contribution in [3.63, 3.8) is 0 Å². The van der Waals surface area contributed by atoms with E-state index in [1.54, 1.807) is 0 Å². The summed E-state index contributed by atoms with van der Waals surface area (Å²) in [6.07, 6.45) is 2.00. The number of ether oxygens (including phenoxy) is 1. The van der Waals surface area contributed by atoms with Gasteiger partial charge in [-0.3, -0.25) is 9.36 Å². The number of rotatable bonds is 7. The lowest BCUT2D eigenvalue weighted by atomic mass is 9.94. The van der Waals surface area contributed by atoms with Crippen LogP contribution in [0.5, 0.6) is 0 Å². The molecule has 0 spiro atoms. The van der Waals surface area contributed by atoms with Crippen molar-refractivity contribution in [1.29, 1.82) is 0 Å². The quantitative estimate of drug-likeness (QED) is 0.535. The molecule has 0 saturated carbocycles. The van der Waals surface area contributed by atoms with Gasteiger partial charge in [-0.2, -0.15) is 0 Å². The monoisotopic (exact) mass is 252 g/mol. The summed E-state index contributed by atoms with van der Waals surface area (Å²) in [7, 11) is -4.18. The summed E-state index contributed by atoms with van der Waals surface area (Å²) in [5.74, 6) is -0.490. The highest BCUT2D eigenvalue weighted by Crippen LogP contribution is 2.43. The van der Waals surface area contributed by atoms with Gasteiger partial charge in [0.05, 0.1) is 6.16 Å². The maximum absolute atomic E-state index is 11.1. The first-order chi connectivity index (χ1) is 7.24. The first-order valence-corrected chi connectivity index (χ1v) is 7.28. The summed E-state index contributed by atoms with van der Waals surface area (Å²) in [6.45, 7) is 5.06. The summed E-state index contributed by atoms with van der Waals surface area (Å²) in [5, 5.41) is 0. The number of hydrogen-bond acceptors (Lipinski definition) is 3. The average molecular weight is 252 g/mol. The Bertz CT molecular complexity index is 264. The third-order valence-electron chi connectivity index (χ3n) is 2.27. The Kier molecular flexibility index (Phi) is 6.23. The number of carbonyl (C=O) groups is 1. The molecule has 0 heterocycles. The van der Waals surface area contributed by atoms with Gasteiger partial charge >= 0.3 is 13.6 Å². The summed E-state index contributed by atoms with van der Waals surface area (Å²) in [5.41, 5.74) is -1.01. The van der Waals surface area contributed by atoms with Crippen LogP contribution in [0.4, 0.5) is 0 Å². The topological polar surface area (TPSA) is 83.8 Å². The number of carbonyl (C=O) groups excluding carboxylic acids is 1. The number of esters is 1. The Morgan fingerprint density at radius 1 is 1.25 bits per heavy atom. The second-order valence-corrected chi connectivity index (χ2v) is 5.75. The minimum Gasteiger partial charge on any atom is -0.459 e. The zero-order valence-corrected chi connectivity index (χ0v) is 11.0. The summed E-state index contributed by atoms with van der Waals surface area (Å²) in [6, 6.07) is 0. The first-order valence-electron chi connectivity index (χ1n) is 5.49. The molecule has 96 valence electrons. The van der Waals surface area contributed by atoms with Crippen molar-refractivity contribution in [2.45, 2.75) is 52.1 Å². The summed E-state index contributed by atoms with van der Waals surface area (Å²) >= 11 is 0. The van der Waals surface area contributed by atoms with Crippen molar-refractivity contribution in [2.75, 3.05) is 6.16 Å². The predicted molar refractivity (Wildman–Crippen MR) is 61.2 cm³/mol. The maximum Gasteiger partial charge on any atom is 0.329 e. The Labute approximate surface area is 96.4 Å². The second-order valence-electron chi connectivity index (χ2n) is 4.10. The minimum absolute atomic E-state index is 0.388. The van der Waals surface area contributed by atoms with Gasteiger partial charge in [0.25, 0.3) is 0 Å². The van der Waals surface area contributed by atoms with Crippen LogP contribution in [0.15, 0.2) is 0 Å². The summed E-state index contributed by atoms with van der Waals surface area (Å²) < 4.78 is 16.2. The molecule has 0 saturated heterocycles. The van der Waals surface area contributed by atoms with E-state index in [2.05, 4.69) is 0 Å². The van der Waals surface area contributed by atoms with Gasteiger partial charge in [-0.15, -0.1) is 0 Å². The molecule has 0 rings (SSSR count). The molecule has 5 nitrogen and oxygen atoms in total. The van der Waals surface area contributed by atoms with Crippen LogP contribution in [0.25, 0.3) is 0 Å². The molecule has 0 aliphatic carbocycles. The molecule has 2 N–H and O–H groups in total. The molecular weight excluding hydrogens is 231 g/mol. The molecule has 0 unspecified atom stereocenters. The van der Waals surface area contributed by atoms with Crippen molar-refractivity contribution >= 4 is 13.6 Å². The standard InChI is InChI=1S/C10H21O5P/c1-4-6-10(7-5-2,15-9(3)11)8-16(12,13)14/h4-8H2,1-3H3,(H2,12,13,14). The molecule has 0 aromatic carbocycles. The highest BCUT2D eigenvalue weighted by atomic mass is 31.2. The van der Waals surface area contributed by atoms with Crippen LogP contribution in [0, 0.1) is 0 Å². The van der Waals surface area contributed by atoms with Crippen molar-refractivity contribution < 1.29 is 23.9 Å². The molecule has 0 amide bonds. The molecule has 0 aromatic rings. The van der Waals surface area contributed by atoms with Crippen molar-refractivity contribution in [1.82, 2.24) is 0 Å². The van der Waals surface area contributed by atoms with Crippen LogP contribution < -0.4 is 0 Å². The van der Waals surface area contributed by atoms with E-state index >= 15 is 0 Å². The first kappa shape index (κ1) is 15.6. The highest BCUT2D eigenvalue weighted by Gasteiger charge is 2.38. The van der Waals surface area contributed by atoms with E-state index in [0.717, 1.165) is 0 Å². The lowest BCUT2D eigenvalue weighted by Crippen LogP contribution is -2.38. The van der Waals surface area contributed by atoms with Gasteiger partial charge in [0.1, 0.15) is 5.60 Å². The smallest absolute Gasteiger partial charge is 0.329 e. The minimum atomic E-state index is -4.18. The molecule has 0 aliphatic rings. The third kappa shape index (κ3) is 6.26. The van der Waals surface area contributed by atoms with Crippen molar-refractivity contribution in [2.24, 2.45) is 0 Å². The van der Waals surface area contributed by atoms with Crippen LogP contribution in [0.3, 0.4) is 0 Å². The van der Waals surface area contributed by atoms with Gasteiger partial charge in [-0.1, -0.05) is 26.7 Å². The van der Waals surface area contributed by atoms with Gasteiger partial charge in [-0.05, 0) is 12.8 Å². The van der Waals surface area contributed by atoms with Gasteiger partial charge in [0.2, 0.25) is 0 Å². The fourth-order valence-corrected chi connectivity index (χ4v) is 3.14. The lowest BCUT2D eigenvalue weighted by Gasteiger charge is -2.33. The fourth-order valence-electron chi connectivity index (χ4n) is 2.01. The van der Waals surface area contributed by atoms with Crippen LogP contribution in [-0.2, 0) is 14.1 Å². The molecular formula is C10H21O5P. The van der Waals surface area contributed by atoms with E-state index in [-0.39, 0.29) is 6.16 Å². The highest BCUT2D eigenvalue weighted by molar-refractivity contribution is 7.51. The normalized spacial score (nSPS) is 12.6. The van der Waals surface area contributed by atoms with Gasteiger partial charge < -0.3 is 14.5 Å². The molecule has 0 aromatic heterocycles. The van der Waals surface area contributed by atoms with E-state index < -0.39 is 19.2 Å². The van der Waals surface area contributed by atoms with Gasteiger partial charge in [0.15, 0.2) is 0 Å². The van der Waals surface area contributed by atoms with E-state index in [9.17, 15) is 9.36 Å². The van der Waals surface area contributed by atoms with Crippen molar-refractivity contribution in [3.8, 4) is 0 Å². The maximum atomic E-state index is 11.1. The van der Waals surface area contributed by atoms with E-state index in [4.69, 9.17) is 14.5 Å². The Morgan fingerprint density at radius 2 is 1.69 bits per heavy atom. The van der Waals surface area contributed by atoms with E-state index in [1.165, 1.54) is 6.92 Å². The van der Waals surface area contributed by atoms with E-state index in [1.807, 2.05) is 13.8 Å². The van der Waals surface area contributed by atoms with Crippen LogP contribution >= 0.6 is 7.60 Å². The molecule has 6 heteroatoms. The lowest BCUT2D eigenvalue weighted by molar-refractivity contribution is -0.156. The molecule has 0 fully saturated rings. The van der Waals surface area contributed by atoms with E-state index in [0.29, 0.717) is 25.7 Å². The van der Waals surface area contributed by atoms with Crippen molar-refractivity contribution in [3.05, 3.63) is 0 Å². The summed E-state index contributed by atoms with van der Waals surface area (Å²) in [4.78, 5) is 29.1. The molecule has 0 atom stereocenters. The molecule has 0 aliphatic heterocycles. The van der Waals surface area contributed by atoms with Gasteiger partial charge in [0, 0.05) is 6.92 Å². The molecule has 0 bridgehead atoms. The van der Waals surface area contributed by atoms with Crippen LogP contribution in [-0.4, -0.2) is 27.5 Å². The average Bonchev–Trinajstić information content (AvgIpc) is 1.98. The Hall–Kier alpha value is -0.380. The van der Waals surface area contributed by atoms with Gasteiger partial charge in [-0.25, -0.2) is 0 Å². The van der Waals surface area contributed by atoms with Crippen LogP contribution in [0.2, 0.25) is 0 Å². The Morgan fingerprint density at radius 3 is 1.94 bits per heavy atom. The predicted octanol–water partition coefficient (Wildman–Crippen LogP) is 2.07. The number of hydrogen-bond donors (Lipinski definition) is 2. The van der Waals surface area contributed by atoms with Crippen LogP contribution in [0.1, 0.15) is 46.5 Å².